The van der Waals surface area contributed by atoms with Crippen LogP contribution in [0.4, 0.5) is 0 Å². The molecular weight excluding hydrogens is 296 g/mol. The van der Waals surface area contributed by atoms with Gasteiger partial charge in [-0.05, 0) is 19.2 Å². The Labute approximate surface area is 113 Å². The third kappa shape index (κ3) is 1.66. The Morgan fingerprint density at radius 1 is 1.39 bits per heavy atom. The average Bonchev–Trinajstić information content (AvgIpc) is 2.61. The van der Waals surface area contributed by atoms with Crippen molar-refractivity contribution < 1.29 is 9.90 Å². The molecule has 0 saturated heterocycles. The van der Waals surface area contributed by atoms with Gasteiger partial charge < -0.3 is 9.67 Å². The quantitative estimate of drug-likeness (QED) is 0.880. The largest absolute Gasteiger partial charge is 0.478 e. The van der Waals surface area contributed by atoms with Gasteiger partial charge in [0.15, 0.2) is 0 Å². The number of hydrogen-bond acceptors (Lipinski definition) is 2. The number of hydrogen-bond donors (Lipinski definition) is 1. The number of nitrogens with zero attached hydrogens (tertiary/aromatic N) is 2. The molecule has 1 aliphatic rings. The molecule has 4 nitrogen and oxygen atoms in total. The van der Waals surface area contributed by atoms with E-state index in [0.29, 0.717) is 12.1 Å². The van der Waals surface area contributed by atoms with Gasteiger partial charge in [-0.1, -0.05) is 22.0 Å². The predicted octanol–water partition coefficient (Wildman–Crippen LogP) is 2.55. The number of fused-ring (bicyclic) bond motifs is 3. The lowest BCUT2D eigenvalue weighted by Gasteiger charge is -2.25. The van der Waals surface area contributed by atoms with Gasteiger partial charge in [0.25, 0.3) is 0 Å². The second kappa shape index (κ2) is 4.10. The Morgan fingerprint density at radius 2 is 2.17 bits per heavy atom. The van der Waals surface area contributed by atoms with Crippen molar-refractivity contribution in [3.8, 4) is 0 Å². The van der Waals surface area contributed by atoms with Crippen LogP contribution in [0.5, 0.6) is 0 Å². The monoisotopic (exact) mass is 308 g/mol. The topological polar surface area (TPSA) is 45.5 Å². The molecule has 2 heterocycles. The summed E-state index contributed by atoms with van der Waals surface area (Å²) < 4.78 is 3.11. The molecule has 1 aromatic heterocycles. The zero-order valence-electron chi connectivity index (χ0n) is 9.98. The SMILES string of the molecule is CN1CCn2c(c(C(=O)O)c3ccc(Br)cc32)C1. The predicted molar refractivity (Wildman–Crippen MR) is 72.9 cm³/mol. The van der Waals surface area contributed by atoms with Crippen LogP contribution >= 0.6 is 15.9 Å². The zero-order chi connectivity index (χ0) is 12.9. The van der Waals surface area contributed by atoms with Gasteiger partial charge in [0.1, 0.15) is 0 Å². The van der Waals surface area contributed by atoms with Gasteiger partial charge in [-0.15, -0.1) is 0 Å². The third-order valence-corrected chi connectivity index (χ3v) is 3.97. The standard InChI is InChI=1S/C13H13BrN2O2/c1-15-4-5-16-10-6-8(14)2-3-9(10)12(13(17)18)11(16)7-15/h2-3,6H,4-5,7H2,1H3,(H,17,18). The maximum atomic E-state index is 11.5. The van der Waals surface area contributed by atoms with E-state index in [2.05, 4.69) is 25.4 Å². The second-order valence-corrected chi connectivity index (χ2v) is 5.59. The molecule has 2 aromatic rings. The van der Waals surface area contributed by atoms with E-state index in [4.69, 9.17) is 0 Å². The molecule has 94 valence electrons. The van der Waals surface area contributed by atoms with Gasteiger partial charge in [-0.3, -0.25) is 4.90 Å². The number of likely N-dealkylation sites (N-methyl/N-ethyl adjacent to an activating group) is 1. The smallest absolute Gasteiger partial charge is 0.338 e. The maximum absolute atomic E-state index is 11.5. The third-order valence-electron chi connectivity index (χ3n) is 3.47. The van der Waals surface area contributed by atoms with Crippen molar-refractivity contribution in [1.82, 2.24) is 9.47 Å². The molecule has 0 aliphatic carbocycles. The summed E-state index contributed by atoms with van der Waals surface area (Å²) in [5, 5.41) is 10.3. The molecule has 1 aromatic carbocycles. The van der Waals surface area contributed by atoms with E-state index in [1.54, 1.807) is 0 Å². The molecule has 1 N–H and O–H groups in total. The van der Waals surface area contributed by atoms with Crippen molar-refractivity contribution in [2.24, 2.45) is 0 Å². The van der Waals surface area contributed by atoms with E-state index in [1.165, 1.54) is 0 Å². The first-order chi connectivity index (χ1) is 8.58. The number of carboxylic acids is 1. The molecule has 0 radical (unpaired) electrons. The molecule has 0 spiro atoms. The van der Waals surface area contributed by atoms with E-state index in [-0.39, 0.29) is 0 Å². The summed E-state index contributed by atoms with van der Waals surface area (Å²) in [4.78, 5) is 13.6. The molecule has 0 bridgehead atoms. The number of halogens is 1. The highest BCUT2D eigenvalue weighted by Gasteiger charge is 2.25. The number of carbonyl (C=O) groups is 1. The van der Waals surface area contributed by atoms with Gasteiger partial charge in [-0.2, -0.15) is 0 Å². The molecule has 0 amide bonds. The number of rotatable bonds is 1. The number of benzene rings is 1. The van der Waals surface area contributed by atoms with E-state index in [9.17, 15) is 9.90 Å². The lowest BCUT2D eigenvalue weighted by molar-refractivity contribution is 0.0695. The Kier molecular flexibility index (Phi) is 2.68. The van der Waals surface area contributed by atoms with Crippen molar-refractivity contribution in [3.05, 3.63) is 33.9 Å². The van der Waals surface area contributed by atoms with Crippen LogP contribution in [0, 0.1) is 0 Å². The Hall–Kier alpha value is -1.33. The van der Waals surface area contributed by atoms with Crippen LogP contribution < -0.4 is 0 Å². The van der Waals surface area contributed by atoms with E-state index >= 15 is 0 Å². The van der Waals surface area contributed by atoms with Crippen molar-refractivity contribution in [3.63, 3.8) is 0 Å². The molecule has 3 rings (SSSR count). The Morgan fingerprint density at radius 3 is 2.89 bits per heavy atom. The highest BCUT2D eigenvalue weighted by molar-refractivity contribution is 9.10. The molecular formula is C13H13BrN2O2. The lowest BCUT2D eigenvalue weighted by atomic mass is 10.1. The second-order valence-electron chi connectivity index (χ2n) is 4.68. The summed E-state index contributed by atoms with van der Waals surface area (Å²) >= 11 is 3.45. The molecule has 5 heteroatoms. The maximum Gasteiger partial charge on any atom is 0.338 e. The van der Waals surface area contributed by atoms with E-state index < -0.39 is 5.97 Å². The summed E-state index contributed by atoms with van der Waals surface area (Å²) in [6.07, 6.45) is 0. The van der Waals surface area contributed by atoms with Crippen molar-refractivity contribution >= 4 is 32.8 Å². The summed E-state index contributed by atoms with van der Waals surface area (Å²) in [5.74, 6) is -0.841. The summed E-state index contributed by atoms with van der Waals surface area (Å²) in [6, 6.07) is 5.77. The number of aromatic carboxylic acids is 1. The first-order valence-corrected chi connectivity index (χ1v) is 6.59. The first kappa shape index (κ1) is 11.7. The zero-order valence-corrected chi connectivity index (χ0v) is 11.6. The van der Waals surface area contributed by atoms with Crippen LogP contribution in [0.2, 0.25) is 0 Å². The summed E-state index contributed by atoms with van der Waals surface area (Å²) in [5.41, 5.74) is 2.36. The minimum absolute atomic E-state index is 0.448. The molecule has 0 unspecified atom stereocenters. The summed E-state index contributed by atoms with van der Waals surface area (Å²) in [7, 11) is 2.02. The normalized spacial score (nSPS) is 15.9. The van der Waals surface area contributed by atoms with Crippen LogP contribution in [0.3, 0.4) is 0 Å². The van der Waals surface area contributed by atoms with Gasteiger partial charge in [0.05, 0.1) is 11.1 Å². The van der Waals surface area contributed by atoms with Crippen molar-refractivity contribution in [1.29, 1.82) is 0 Å². The number of aromatic nitrogens is 1. The van der Waals surface area contributed by atoms with Gasteiger partial charge in [0, 0.05) is 35.2 Å². The Balaban J connectivity index is 2.37. The average molecular weight is 309 g/mol. The van der Waals surface area contributed by atoms with Crippen molar-refractivity contribution in [2.75, 3.05) is 13.6 Å². The summed E-state index contributed by atoms with van der Waals surface area (Å²) in [6.45, 7) is 2.47. The lowest BCUT2D eigenvalue weighted by Crippen LogP contribution is -2.30. The van der Waals surface area contributed by atoms with Crippen LogP contribution in [-0.4, -0.2) is 34.1 Å². The highest BCUT2D eigenvalue weighted by atomic mass is 79.9. The van der Waals surface area contributed by atoms with E-state index in [0.717, 1.165) is 34.2 Å². The van der Waals surface area contributed by atoms with Gasteiger partial charge in [0.2, 0.25) is 0 Å². The van der Waals surface area contributed by atoms with Crippen LogP contribution in [0.15, 0.2) is 22.7 Å². The van der Waals surface area contributed by atoms with Crippen LogP contribution in [-0.2, 0) is 13.1 Å². The fourth-order valence-electron chi connectivity index (χ4n) is 2.64. The number of carboxylic acid groups (broad SMARTS) is 1. The van der Waals surface area contributed by atoms with Gasteiger partial charge in [-0.25, -0.2) is 4.79 Å². The first-order valence-electron chi connectivity index (χ1n) is 5.80. The molecule has 0 fully saturated rings. The van der Waals surface area contributed by atoms with Gasteiger partial charge >= 0.3 is 5.97 Å². The molecule has 1 aliphatic heterocycles. The highest BCUT2D eigenvalue weighted by Crippen LogP contribution is 2.31. The van der Waals surface area contributed by atoms with E-state index in [1.807, 2.05) is 25.2 Å². The minimum Gasteiger partial charge on any atom is -0.478 e. The van der Waals surface area contributed by atoms with Crippen LogP contribution in [0.1, 0.15) is 16.1 Å². The molecule has 0 atom stereocenters. The molecule has 18 heavy (non-hydrogen) atoms. The molecule has 0 saturated carbocycles. The fraction of sp³-hybridized carbons (Fsp3) is 0.308. The Bertz CT molecular complexity index is 648. The van der Waals surface area contributed by atoms with Crippen molar-refractivity contribution in [2.45, 2.75) is 13.1 Å². The van der Waals surface area contributed by atoms with Crippen LogP contribution in [0.25, 0.3) is 10.9 Å². The fourth-order valence-corrected chi connectivity index (χ4v) is 2.99. The minimum atomic E-state index is -0.841.